The topological polar surface area (TPSA) is 53.4 Å². The number of hydrogen-bond donors (Lipinski definition) is 1. The van der Waals surface area contributed by atoms with Crippen LogP contribution in [0, 0.1) is 11.8 Å². The van der Waals surface area contributed by atoms with Crippen LogP contribution in [0.2, 0.25) is 0 Å². The van der Waals surface area contributed by atoms with E-state index in [-0.39, 0.29) is 11.8 Å². The molecule has 0 radical (unpaired) electrons. The Kier molecular flexibility index (Phi) is 6.07. The van der Waals surface area contributed by atoms with Gasteiger partial charge >= 0.3 is 12.1 Å². The monoisotopic (exact) mass is 344 g/mol. The van der Waals surface area contributed by atoms with Crippen LogP contribution in [0.1, 0.15) is 44.6 Å². The number of carboxylic acids is 1. The summed E-state index contributed by atoms with van der Waals surface area (Å²) in [7, 11) is 0. The van der Waals surface area contributed by atoms with Gasteiger partial charge in [0.2, 0.25) is 0 Å². The van der Waals surface area contributed by atoms with Gasteiger partial charge < -0.3 is 10.0 Å². The summed E-state index contributed by atoms with van der Waals surface area (Å²) in [5.74, 6) is -0.736. The van der Waals surface area contributed by atoms with Gasteiger partial charge in [-0.3, -0.25) is 4.79 Å². The second-order valence-electron chi connectivity index (χ2n) is 6.31. The second-order valence-corrected chi connectivity index (χ2v) is 6.31. The Balaban J connectivity index is 2.00. The minimum atomic E-state index is -4.38. The highest BCUT2D eigenvalue weighted by molar-refractivity contribution is 5.70. The second kappa shape index (κ2) is 7.85. The van der Waals surface area contributed by atoms with Crippen molar-refractivity contribution in [2.45, 2.75) is 45.2 Å². The molecule has 0 aliphatic carbocycles. The highest BCUT2D eigenvalue weighted by Gasteiger charge is 2.33. The van der Waals surface area contributed by atoms with Crippen molar-refractivity contribution in [3.8, 4) is 0 Å². The number of piperidine rings is 1. The van der Waals surface area contributed by atoms with E-state index >= 15 is 0 Å². The Morgan fingerprint density at radius 2 is 2.08 bits per heavy atom. The summed E-state index contributed by atoms with van der Waals surface area (Å²) < 4.78 is 38.4. The van der Waals surface area contributed by atoms with Crippen LogP contribution in [-0.4, -0.2) is 29.1 Å². The van der Waals surface area contributed by atoms with Crippen molar-refractivity contribution >= 4 is 11.8 Å². The first-order valence-corrected chi connectivity index (χ1v) is 8.34. The van der Waals surface area contributed by atoms with Crippen molar-refractivity contribution in [2.75, 3.05) is 18.0 Å². The molecule has 1 saturated heterocycles. The summed E-state index contributed by atoms with van der Waals surface area (Å²) >= 11 is 0. The first kappa shape index (κ1) is 18.5. The summed E-state index contributed by atoms with van der Waals surface area (Å²) in [6.45, 7) is 3.10. The largest absolute Gasteiger partial charge is 0.481 e. The lowest BCUT2D eigenvalue weighted by molar-refractivity contribution is -0.144. The van der Waals surface area contributed by atoms with E-state index in [1.165, 1.54) is 6.20 Å². The molecule has 7 heteroatoms. The van der Waals surface area contributed by atoms with E-state index in [0.717, 1.165) is 25.0 Å². The van der Waals surface area contributed by atoms with Crippen molar-refractivity contribution in [3.63, 3.8) is 0 Å². The average molecular weight is 344 g/mol. The number of carboxylic acid groups (broad SMARTS) is 1. The lowest BCUT2D eigenvalue weighted by Gasteiger charge is -2.35. The summed E-state index contributed by atoms with van der Waals surface area (Å²) in [5, 5.41) is 9.41. The zero-order chi connectivity index (χ0) is 17.7. The van der Waals surface area contributed by atoms with Gasteiger partial charge in [0, 0.05) is 19.3 Å². The van der Waals surface area contributed by atoms with Crippen molar-refractivity contribution in [1.82, 2.24) is 4.98 Å². The first-order chi connectivity index (χ1) is 11.3. The van der Waals surface area contributed by atoms with Crippen LogP contribution < -0.4 is 4.90 Å². The summed E-state index contributed by atoms with van der Waals surface area (Å²) in [6.07, 6.45) is 0.620. The summed E-state index contributed by atoms with van der Waals surface area (Å²) in [6, 6.07) is 2.02. The van der Waals surface area contributed by atoms with Crippen LogP contribution in [0.25, 0.3) is 0 Å². The standard InChI is InChI=1S/C17H23F3N2O2/c1-2-3-4-14(16(23)24)12-6-9-22(10-7-12)15-11-13(5-8-21-15)17(18,19)20/h5,8,11-12,14H,2-4,6-7,9-10H2,1H3,(H,23,24). The van der Waals surface area contributed by atoms with Crippen molar-refractivity contribution < 1.29 is 23.1 Å². The van der Waals surface area contributed by atoms with E-state index in [0.29, 0.717) is 38.2 Å². The number of alkyl halides is 3. The zero-order valence-corrected chi connectivity index (χ0v) is 13.7. The molecule has 1 fully saturated rings. The number of nitrogens with zero attached hydrogens (tertiary/aromatic N) is 2. The summed E-state index contributed by atoms with van der Waals surface area (Å²) in [4.78, 5) is 17.3. The third-order valence-corrected chi connectivity index (χ3v) is 4.69. The van der Waals surface area contributed by atoms with Gasteiger partial charge in [-0.1, -0.05) is 19.8 Å². The fourth-order valence-corrected chi connectivity index (χ4v) is 3.28. The van der Waals surface area contributed by atoms with Crippen LogP contribution >= 0.6 is 0 Å². The average Bonchev–Trinajstić information content (AvgIpc) is 2.55. The normalized spacial score (nSPS) is 17.8. The van der Waals surface area contributed by atoms with Gasteiger partial charge in [-0.25, -0.2) is 4.98 Å². The van der Waals surface area contributed by atoms with Gasteiger partial charge in [0.15, 0.2) is 0 Å². The predicted molar refractivity (Wildman–Crippen MR) is 84.8 cm³/mol. The zero-order valence-electron chi connectivity index (χ0n) is 13.7. The molecule has 0 saturated carbocycles. The van der Waals surface area contributed by atoms with E-state index < -0.39 is 17.7 Å². The highest BCUT2D eigenvalue weighted by atomic mass is 19.4. The maximum Gasteiger partial charge on any atom is 0.416 e. The molecule has 0 amide bonds. The predicted octanol–water partition coefficient (Wildman–Crippen LogP) is 4.21. The van der Waals surface area contributed by atoms with Gasteiger partial charge in [0.25, 0.3) is 0 Å². The van der Waals surface area contributed by atoms with Gasteiger partial charge in [0.1, 0.15) is 5.82 Å². The molecule has 0 bridgehead atoms. The number of anilines is 1. The lowest BCUT2D eigenvalue weighted by atomic mass is 9.81. The molecule has 0 spiro atoms. The van der Waals surface area contributed by atoms with Crippen LogP contribution in [0.5, 0.6) is 0 Å². The molecule has 134 valence electrons. The van der Waals surface area contributed by atoms with Crippen LogP contribution in [0.3, 0.4) is 0 Å². The SMILES string of the molecule is CCCCC(C(=O)O)C1CCN(c2cc(C(F)(F)F)ccn2)CC1. The molecule has 1 aromatic heterocycles. The molecule has 1 aliphatic rings. The lowest BCUT2D eigenvalue weighted by Crippen LogP contribution is -2.38. The molecular formula is C17H23F3N2O2. The number of carbonyl (C=O) groups is 1. The maximum absolute atomic E-state index is 12.8. The van der Waals surface area contributed by atoms with Gasteiger partial charge in [-0.05, 0) is 37.3 Å². The van der Waals surface area contributed by atoms with E-state index in [1.807, 2.05) is 11.8 Å². The molecule has 2 rings (SSSR count). The number of hydrogen-bond acceptors (Lipinski definition) is 3. The molecule has 2 heterocycles. The third kappa shape index (κ3) is 4.61. The molecule has 0 aromatic carbocycles. The van der Waals surface area contributed by atoms with Gasteiger partial charge in [0.05, 0.1) is 11.5 Å². The number of aliphatic carboxylic acids is 1. The number of rotatable bonds is 6. The Labute approximate surface area is 139 Å². The Bertz CT molecular complexity index is 555. The maximum atomic E-state index is 12.8. The van der Waals surface area contributed by atoms with Crippen molar-refractivity contribution in [1.29, 1.82) is 0 Å². The van der Waals surface area contributed by atoms with Gasteiger partial charge in [-0.15, -0.1) is 0 Å². The fourth-order valence-electron chi connectivity index (χ4n) is 3.28. The molecule has 1 atom stereocenters. The van der Waals surface area contributed by atoms with Gasteiger partial charge in [-0.2, -0.15) is 13.2 Å². The van der Waals surface area contributed by atoms with E-state index in [2.05, 4.69) is 4.98 Å². The minimum Gasteiger partial charge on any atom is -0.481 e. The number of unbranched alkanes of at least 4 members (excludes halogenated alkanes) is 1. The molecular weight excluding hydrogens is 321 g/mol. The van der Waals surface area contributed by atoms with Crippen molar-refractivity contribution in [2.24, 2.45) is 11.8 Å². The molecule has 4 nitrogen and oxygen atoms in total. The Morgan fingerprint density at radius 3 is 2.62 bits per heavy atom. The Morgan fingerprint density at radius 1 is 1.42 bits per heavy atom. The quantitative estimate of drug-likeness (QED) is 0.840. The number of halogens is 3. The summed E-state index contributed by atoms with van der Waals surface area (Å²) in [5.41, 5.74) is -0.707. The number of pyridine rings is 1. The molecule has 1 unspecified atom stereocenters. The molecule has 1 aromatic rings. The van der Waals surface area contributed by atoms with Crippen LogP contribution in [0.4, 0.5) is 19.0 Å². The first-order valence-electron chi connectivity index (χ1n) is 8.34. The number of aromatic nitrogens is 1. The van der Waals surface area contributed by atoms with Crippen LogP contribution in [0.15, 0.2) is 18.3 Å². The Hall–Kier alpha value is -1.79. The van der Waals surface area contributed by atoms with E-state index in [9.17, 15) is 23.1 Å². The molecule has 24 heavy (non-hydrogen) atoms. The fraction of sp³-hybridized carbons (Fsp3) is 0.647. The van der Waals surface area contributed by atoms with Crippen molar-refractivity contribution in [3.05, 3.63) is 23.9 Å². The third-order valence-electron chi connectivity index (χ3n) is 4.69. The smallest absolute Gasteiger partial charge is 0.416 e. The molecule has 1 N–H and O–H groups in total. The highest BCUT2D eigenvalue weighted by Crippen LogP contribution is 2.33. The van der Waals surface area contributed by atoms with E-state index in [1.54, 1.807) is 0 Å². The minimum absolute atomic E-state index is 0.0797. The van der Waals surface area contributed by atoms with Crippen LogP contribution in [-0.2, 0) is 11.0 Å². The van der Waals surface area contributed by atoms with E-state index in [4.69, 9.17) is 0 Å². The molecule has 1 aliphatic heterocycles.